The fourth-order valence-corrected chi connectivity index (χ4v) is 1.81. The molecule has 1 aliphatic carbocycles. The van der Waals surface area contributed by atoms with E-state index in [1.54, 1.807) is 6.20 Å². The Morgan fingerprint density at radius 2 is 2.37 bits per heavy atom. The number of amides is 2. The number of anilines is 1. The molecule has 7 heteroatoms. The summed E-state index contributed by atoms with van der Waals surface area (Å²) in [6, 6.07) is 3.65. The van der Waals surface area contributed by atoms with Crippen molar-refractivity contribution in [2.45, 2.75) is 25.3 Å². The van der Waals surface area contributed by atoms with E-state index in [1.165, 1.54) is 19.0 Å². The largest absolute Gasteiger partial charge is 0.334 e. The first kappa shape index (κ1) is 11.6. The van der Waals surface area contributed by atoms with Crippen LogP contribution in [0.2, 0.25) is 0 Å². The average molecular weight is 258 g/mol. The molecule has 3 rings (SSSR count). The van der Waals surface area contributed by atoms with Crippen LogP contribution in [-0.4, -0.2) is 26.4 Å². The molecular weight excluding hydrogens is 244 g/mol. The van der Waals surface area contributed by atoms with Crippen molar-refractivity contribution in [3.63, 3.8) is 0 Å². The maximum Gasteiger partial charge on any atom is 0.320 e. The van der Waals surface area contributed by atoms with Crippen LogP contribution in [-0.2, 0) is 6.54 Å². The Morgan fingerprint density at radius 3 is 3.11 bits per heavy atom. The Hall–Kier alpha value is -2.44. The lowest BCUT2D eigenvalue weighted by atomic mass is 10.2. The smallest absolute Gasteiger partial charge is 0.320 e. The number of aromatic nitrogens is 4. The summed E-state index contributed by atoms with van der Waals surface area (Å²) < 4.78 is 0. The number of aromatic amines is 1. The van der Waals surface area contributed by atoms with Gasteiger partial charge in [0, 0.05) is 24.4 Å². The fourth-order valence-electron chi connectivity index (χ4n) is 1.81. The van der Waals surface area contributed by atoms with Crippen molar-refractivity contribution in [3.8, 4) is 0 Å². The lowest BCUT2D eigenvalue weighted by Gasteiger charge is -2.06. The van der Waals surface area contributed by atoms with Crippen molar-refractivity contribution >= 4 is 11.8 Å². The summed E-state index contributed by atoms with van der Waals surface area (Å²) in [6.07, 6.45) is 5.67. The van der Waals surface area contributed by atoms with Crippen LogP contribution in [0.5, 0.6) is 0 Å². The van der Waals surface area contributed by atoms with Gasteiger partial charge in [-0.1, -0.05) is 0 Å². The predicted octanol–water partition coefficient (Wildman–Crippen LogP) is 1.40. The molecule has 0 saturated heterocycles. The van der Waals surface area contributed by atoms with Crippen LogP contribution in [0.15, 0.2) is 24.5 Å². The van der Waals surface area contributed by atoms with Gasteiger partial charge in [-0.2, -0.15) is 10.3 Å². The topological polar surface area (TPSA) is 95.6 Å². The van der Waals surface area contributed by atoms with Gasteiger partial charge >= 0.3 is 6.03 Å². The molecule has 1 aliphatic rings. The Morgan fingerprint density at radius 1 is 1.47 bits per heavy atom. The molecule has 1 saturated carbocycles. The Balaban J connectivity index is 1.53. The van der Waals surface area contributed by atoms with E-state index in [1.807, 2.05) is 12.1 Å². The van der Waals surface area contributed by atoms with Gasteiger partial charge in [0.05, 0.1) is 6.20 Å². The molecule has 2 heterocycles. The Bertz CT molecular complexity index is 563. The SMILES string of the molecule is O=C(NCc1ccnc(C2CC2)c1)Nc1cn[nH]n1. The molecule has 3 N–H and O–H groups in total. The summed E-state index contributed by atoms with van der Waals surface area (Å²) in [5.74, 6) is 1.01. The van der Waals surface area contributed by atoms with Crippen molar-refractivity contribution in [3.05, 3.63) is 35.8 Å². The minimum Gasteiger partial charge on any atom is -0.334 e. The molecule has 2 aromatic heterocycles. The summed E-state index contributed by atoms with van der Waals surface area (Å²) in [7, 11) is 0. The third-order valence-corrected chi connectivity index (χ3v) is 2.95. The Labute approximate surface area is 109 Å². The highest BCUT2D eigenvalue weighted by Crippen LogP contribution is 2.38. The molecule has 0 unspecified atom stereocenters. The third kappa shape index (κ3) is 3.06. The third-order valence-electron chi connectivity index (χ3n) is 2.95. The van der Waals surface area contributed by atoms with Crippen LogP contribution in [0.1, 0.15) is 30.0 Å². The molecule has 98 valence electrons. The quantitative estimate of drug-likeness (QED) is 0.772. The molecule has 0 aliphatic heterocycles. The minimum absolute atomic E-state index is 0.307. The number of carbonyl (C=O) groups excluding carboxylic acids is 1. The first-order valence-corrected chi connectivity index (χ1v) is 6.17. The highest BCUT2D eigenvalue weighted by molar-refractivity contribution is 5.87. The molecule has 2 amide bonds. The summed E-state index contributed by atoms with van der Waals surface area (Å²) in [4.78, 5) is 15.9. The molecule has 0 aromatic carbocycles. The molecule has 1 fully saturated rings. The fraction of sp³-hybridized carbons (Fsp3) is 0.333. The monoisotopic (exact) mass is 258 g/mol. The molecule has 0 atom stereocenters. The van der Waals surface area contributed by atoms with E-state index >= 15 is 0 Å². The zero-order valence-electron chi connectivity index (χ0n) is 10.3. The summed E-state index contributed by atoms with van der Waals surface area (Å²) in [5.41, 5.74) is 2.17. The number of urea groups is 1. The van der Waals surface area contributed by atoms with E-state index in [4.69, 9.17) is 0 Å². The van der Waals surface area contributed by atoms with E-state index in [2.05, 4.69) is 31.0 Å². The zero-order chi connectivity index (χ0) is 13.1. The van der Waals surface area contributed by atoms with E-state index in [0.717, 1.165) is 11.3 Å². The number of hydrogen-bond donors (Lipinski definition) is 3. The van der Waals surface area contributed by atoms with Gasteiger partial charge in [-0.15, -0.1) is 5.10 Å². The van der Waals surface area contributed by atoms with Gasteiger partial charge in [0.15, 0.2) is 5.82 Å². The van der Waals surface area contributed by atoms with E-state index < -0.39 is 0 Å². The van der Waals surface area contributed by atoms with Gasteiger partial charge < -0.3 is 5.32 Å². The normalized spacial score (nSPS) is 14.1. The second-order valence-electron chi connectivity index (χ2n) is 4.53. The average Bonchev–Trinajstić information content (AvgIpc) is 3.16. The van der Waals surface area contributed by atoms with Crippen LogP contribution in [0.4, 0.5) is 10.6 Å². The van der Waals surface area contributed by atoms with Gasteiger partial charge in [0.25, 0.3) is 0 Å². The summed E-state index contributed by atoms with van der Waals surface area (Å²) >= 11 is 0. The number of H-pyrrole nitrogens is 1. The van der Waals surface area contributed by atoms with Crippen molar-refractivity contribution in [1.82, 2.24) is 25.7 Å². The molecule has 0 bridgehead atoms. The van der Waals surface area contributed by atoms with Crippen LogP contribution < -0.4 is 10.6 Å². The van der Waals surface area contributed by atoms with Crippen molar-refractivity contribution in [1.29, 1.82) is 0 Å². The highest BCUT2D eigenvalue weighted by Gasteiger charge is 2.24. The first-order chi connectivity index (χ1) is 9.31. The summed E-state index contributed by atoms with van der Waals surface area (Å²) in [5, 5.41) is 15.1. The molecule has 0 radical (unpaired) electrons. The number of nitrogens with one attached hydrogen (secondary N) is 3. The standard InChI is InChI=1S/C12H14N6O/c19-12(16-11-7-15-18-17-11)14-6-8-3-4-13-10(5-8)9-1-2-9/h3-5,7,9H,1-2,6H2,(H3,14,15,16,17,18,19). The molecule has 7 nitrogen and oxygen atoms in total. The zero-order valence-corrected chi connectivity index (χ0v) is 10.3. The summed E-state index contributed by atoms with van der Waals surface area (Å²) in [6.45, 7) is 0.464. The maximum atomic E-state index is 11.6. The number of pyridine rings is 1. The Kier molecular flexibility index (Phi) is 3.09. The predicted molar refractivity (Wildman–Crippen MR) is 68.5 cm³/mol. The molecular formula is C12H14N6O. The van der Waals surface area contributed by atoms with Crippen LogP contribution >= 0.6 is 0 Å². The van der Waals surface area contributed by atoms with Crippen LogP contribution in [0, 0.1) is 0 Å². The van der Waals surface area contributed by atoms with Crippen molar-refractivity contribution < 1.29 is 4.79 Å². The maximum absolute atomic E-state index is 11.6. The number of nitrogens with zero attached hydrogens (tertiary/aromatic N) is 3. The van der Waals surface area contributed by atoms with Gasteiger partial charge in [-0.25, -0.2) is 4.79 Å². The molecule has 2 aromatic rings. The lowest BCUT2D eigenvalue weighted by Crippen LogP contribution is -2.28. The van der Waals surface area contributed by atoms with Crippen LogP contribution in [0.3, 0.4) is 0 Å². The van der Waals surface area contributed by atoms with Crippen molar-refractivity contribution in [2.24, 2.45) is 0 Å². The van der Waals surface area contributed by atoms with Crippen molar-refractivity contribution in [2.75, 3.05) is 5.32 Å². The number of rotatable bonds is 4. The number of hydrogen-bond acceptors (Lipinski definition) is 4. The minimum atomic E-state index is -0.307. The lowest BCUT2D eigenvalue weighted by molar-refractivity contribution is 0.251. The highest BCUT2D eigenvalue weighted by atomic mass is 16.2. The number of carbonyl (C=O) groups is 1. The van der Waals surface area contributed by atoms with E-state index in [9.17, 15) is 4.79 Å². The van der Waals surface area contributed by atoms with Crippen LogP contribution in [0.25, 0.3) is 0 Å². The van der Waals surface area contributed by atoms with Gasteiger partial charge in [0.1, 0.15) is 0 Å². The second kappa shape index (κ2) is 5.05. The molecule has 0 spiro atoms. The van der Waals surface area contributed by atoms with E-state index in [-0.39, 0.29) is 6.03 Å². The first-order valence-electron chi connectivity index (χ1n) is 6.17. The molecule has 19 heavy (non-hydrogen) atoms. The van der Waals surface area contributed by atoms with E-state index in [0.29, 0.717) is 18.3 Å². The van der Waals surface area contributed by atoms with Gasteiger partial charge in [-0.05, 0) is 30.5 Å². The van der Waals surface area contributed by atoms with Gasteiger partial charge in [0.2, 0.25) is 0 Å². The second-order valence-corrected chi connectivity index (χ2v) is 4.53. The van der Waals surface area contributed by atoms with Gasteiger partial charge in [-0.3, -0.25) is 10.3 Å².